The van der Waals surface area contributed by atoms with E-state index in [-0.39, 0.29) is 11.9 Å². The van der Waals surface area contributed by atoms with Crippen molar-refractivity contribution in [3.05, 3.63) is 59.0 Å². The molecule has 0 bridgehead atoms. The van der Waals surface area contributed by atoms with Crippen LogP contribution in [0.3, 0.4) is 0 Å². The number of benzene rings is 2. The van der Waals surface area contributed by atoms with Gasteiger partial charge in [0.15, 0.2) is 0 Å². The Hall–Kier alpha value is -2.57. The van der Waals surface area contributed by atoms with Gasteiger partial charge in [0.2, 0.25) is 0 Å². The molecule has 0 fully saturated rings. The van der Waals surface area contributed by atoms with Gasteiger partial charge in [0.1, 0.15) is 5.69 Å². The Bertz CT molecular complexity index is 877. The molecule has 5 nitrogen and oxygen atoms in total. The van der Waals surface area contributed by atoms with Gasteiger partial charge in [0.05, 0.1) is 6.61 Å². The number of methoxy groups -OCH3 is 1. The van der Waals surface area contributed by atoms with Crippen molar-refractivity contribution in [3.63, 3.8) is 0 Å². The molecule has 0 saturated carbocycles. The highest BCUT2D eigenvalue weighted by atomic mass is 32.1. The number of hydrogen-bond donors (Lipinski definition) is 1. The first-order valence-corrected chi connectivity index (χ1v) is 10.2. The van der Waals surface area contributed by atoms with Gasteiger partial charge in [-0.3, -0.25) is 4.79 Å². The maximum atomic E-state index is 12.7. The van der Waals surface area contributed by atoms with Gasteiger partial charge >= 0.3 is 0 Å². The van der Waals surface area contributed by atoms with Crippen LogP contribution in [0.4, 0.5) is 0 Å². The van der Waals surface area contributed by atoms with Crippen LogP contribution in [0, 0.1) is 6.92 Å². The maximum Gasteiger partial charge on any atom is 0.251 e. The van der Waals surface area contributed by atoms with Gasteiger partial charge in [-0.15, -0.1) is 5.10 Å². The fraction of sp³-hybridized carbons (Fsp3) is 0.318. The average molecular weight is 398 g/mol. The van der Waals surface area contributed by atoms with Crippen molar-refractivity contribution in [2.75, 3.05) is 13.7 Å². The summed E-state index contributed by atoms with van der Waals surface area (Å²) >= 11 is 1.29. The van der Waals surface area contributed by atoms with Gasteiger partial charge < -0.3 is 10.1 Å². The highest BCUT2D eigenvalue weighted by Crippen LogP contribution is 2.28. The lowest BCUT2D eigenvalue weighted by molar-refractivity contribution is 0.0905. The SMILES string of the molecule is CC.COCC(C)NC(=O)c1cc(-c2ccc(C)cc2)cc(-c2csnn2)c1. The minimum atomic E-state index is -0.132. The standard InChI is InChI=1S/C20H21N3O2S.C2H6/c1-13-4-6-15(7-5-13)16-8-17(19-12-26-23-22-19)10-18(9-16)20(24)21-14(2)11-25-3;1-2/h4-10,12,14H,11H2,1-3H3,(H,21,24);1-2H3. The molecule has 28 heavy (non-hydrogen) atoms. The molecule has 1 N–H and O–H groups in total. The third-order valence-corrected chi connectivity index (χ3v) is 4.53. The quantitative estimate of drug-likeness (QED) is 0.638. The number of rotatable bonds is 6. The zero-order valence-electron chi connectivity index (χ0n) is 17.0. The highest BCUT2D eigenvalue weighted by Gasteiger charge is 2.14. The molecule has 1 heterocycles. The zero-order chi connectivity index (χ0) is 20.5. The maximum absolute atomic E-state index is 12.7. The third kappa shape index (κ3) is 5.71. The smallest absolute Gasteiger partial charge is 0.251 e. The molecule has 6 heteroatoms. The second-order valence-corrected chi connectivity index (χ2v) is 6.89. The largest absolute Gasteiger partial charge is 0.383 e. The fourth-order valence-corrected chi connectivity index (χ4v) is 3.17. The number of ether oxygens (including phenoxy) is 1. The number of nitrogens with one attached hydrogen (secondary N) is 1. The molecule has 0 spiro atoms. The Morgan fingerprint density at radius 2 is 1.79 bits per heavy atom. The molecule has 1 atom stereocenters. The number of hydrogen-bond acceptors (Lipinski definition) is 5. The minimum Gasteiger partial charge on any atom is -0.383 e. The normalized spacial score (nSPS) is 11.3. The number of carbonyl (C=O) groups excluding carboxylic acids is 1. The van der Waals surface area contributed by atoms with E-state index in [1.165, 1.54) is 17.1 Å². The molecular weight excluding hydrogens is 370 g/mol. The van der Waals surface area contributed by atoms with Gasteiger partial charge in [-0.1, -0.05) is 48.2 Å². The zero-order valence-corrected chi connectivity index (χ0v) is 17.8. The second-order valence-electron chi connectivity index (χ2n) is 6.29. The van der Waals surface area contributed by atoms with Crippen LogP contribution in [0.1, 0.15) is 36.7 Å². The molecule has 0 aliphatic heterocycles. The molecule has 148 valence electrons. The first kappa shape index (κ1) is 21.7. The van der Waals surface area contributed by atoms with Gasteiger partial charge in [0.25, 0.3) is 5.91 Å². The number of nitrogens with zero attached hydrogens (tertiary/aromatic N) is 2. The van der Waals surface area contributed by atoms with Crippen LogP contribution in [0.5, 0.6) is 0 Å². The van der Waals surface area contributed by atoms with Gasteiger partial charge in [-0.25, -0.2) is 0 Å². The van der Waals surface area contributed by atoms with Crippen LogP contribution in [-0.4, -0.2) is 35.3 Å². The van der Waals surface area contributed by atoms with E-state index < -0.39 is 0 Å². The van der Waals surface area contributed by atoms with Crippen molar-refractivity contribution in [1.82, 2.24) is 14.9 Å². The molecule has 1 aromatic heterocycles. The molecule has 3 rings (SSSR count). The summed E-state index contributed by atoms with van der Waals surface area (Å²) < 4.78 is 9.03. The Morgan fingerprint density at radius 3 is 2.39 bits per heavy atom. The summed E-state index contributed by atoms with van der Waals surface area (Å²) in [6.45, 7) is 8.43. The Kier molecular flexibility index (Phi) is 8.29. The average Bonchev–Trinajstić information content (AvgIpc) is 3.25. The molecule has 1 amide bonds. The topological polar surface area (TPSA) is 64.1 Å². The van der Waals surface area contributed by atoms with E-state index in [1.54, 1.807) is 7.11 Å². The van der Waals surface area contributed by atoms with E-state index in [9.17, 15) is 4.79 Å². The summed E-state index contributed by atoms with van der Waals surface area (Å²) in [5.74, 6) is -0.132. The monoisotopic (exact) mass is 397 g/mol. The fourth-order valence-electron chi connectivity index (χ4n) is 2.71. The summed E-state index contributed by atoms with van der Waals surface area (Å²) in [5, 5.41) is 8.98. The molecule has 0 aliphatic carbocycles. The van der Waals surface area contributed by atoms with Crippen molar-refractivity contribution in [2.24, 2.45) is 0 Å². The molecule has 1 unspecified atom stereocenters. The van der Waals surface area contributed by atoms with Gasteiger partial charge in [-0.05, 0) is 54.7 Å². The highest BCUT2D eigenvalue weighted by molar-refractivity contribution is 7.03. The van der Waals surface area contributed by atoms with Gasteiger partial charge in [-0.2, -0.15) is 0 Å². The molecule has 0 radical (unpaired) electrons. The Labute approximate surface area is 170 Å². The lowest BCUT2D eigenvalue weighted by atomic mass is 9.97. The second kappa shape index (κ2) is 10.7. The van der Waals surface area contributed by atoms with E-state index >= 15 is 0 Å². The van der Waals surface area contributed by atoms with E-state index in [0.717, 1.165) is 22.4 Å². The first-order valence-electron chi connectivity index (χ1n) is 9.36. The summed E-state index contributed by atoms with van der Waals surface area (Å²) in [4.78, 5) is 12.7. The molecular formula is C22H27N3O2S. The van der Waals surface area contributed by atoms with Crippen LogP contribution in [0.25, 0.3) is 22.4 Å². The number of aromatic nitrogens is 2. The number of amides is 1. The van der Waals surface area contributed by atoms with E-state index in [4.69, 9.17) is 4.74 Å². The van der Waals surface area contributed by atoms with Crippen molar-refractivity contribution in [3.8, 4) is 22.4 Å². The summed E-state index contributed by atoms with van der Waals surface area (Å²) in [5.41, 5.74) is 5.46. The van der Waals surface area contributed by atoms with Crippen molar-refractivity contribution in [2.45, 2.75) is 33.7 Å². The van der Waals surface area contributed by atoms with Crippen LogP contribution in [-0.2, 0) is 4.74 Å². The summed E-state index contributed by atoms with van der Waals surface area (Å²) in [6.07, 6.45) is 0. The summed E-state index contributed by atoms with van der Waals surface area (Å²) in [6, 6.07) is 14.0. The molecule has 3 aromatic rings. The molecule has 0 saturated heterocycles. The Balaban J connectivity index is 0.00000136. The van der Waals surface area contributed by atoms with Crippen LogP contribution in [0.2, 0.25) is 0 Å². The van der Waals surface area contributed by atoms with Gasteiger partial charge in [0, 0.05) is 29.7 Å². The number of carbonyl (C=O) groups is 1. The van der Waals surface area contributed by atoms with Crippen molar-refractivity contribution < 1.29 is 9.53 Å². The van der Waals surface area contributed by atoms with E-state index in [1.807, 2.05) is 44.4 Å². The number of aryl methyl sites for hydroxylation is 1. The van der Waals surface area contributed by atoms with E-state index in [0.29, 0.717) is 12.2 Å². The third-order valence-electron chi connectivity index (χ3n) is 4.03. The Morgan fingerprint density at radius 1 is 1.11 bits per heavy atom. The van der Waals surface area contributed by atoms with Crippen LogP contribution in [0.15, 0.2) is 47.8 Å². The first-order chi connectivity index (χ1) is 13.6. The van der Waals surface area contributed by atoms with E-state index in [2.05, 4.69) is 46.1 Å². The summed E-state index contributed by atoms with van der Waals surface area (Å²) in [7, 11) is 1.62. The predicted octanol–water partition coefficient (Wildman–Crippen LogP) is 4.97. The lowest BCUT2D eigenvalue weighted by Gasteiger charge is -2.14. The molecule has 2 aromatic carbocycles. The molecule has 0 aliphatic rings. The van der Waals surface area contributed by atoms with Crippen LogP contribution < -0.4 is 5.32 Å². The minimum absolute atomic E-state index is 0.0695. The van der Waals surface area contributed by atoms with Crippen molar-refractivity contribution >= 4 is 17.4 Å². The van der Waals surface area contributed by atoms with Crippen molar-refractivity contribution in [1.29, 1.82) is 0 Å². The lowest BCUT2D eigenvalue weighted by Crippen LogP contribution is -2.35. The predicted molar refractivity (Wildman–Crippen MR) is 116 cm³/mol. The van der Waals surface area contributed by atoms with Crippen LogP contribution >= 0.6 is 11.5 Å².